The first-order valence-corrected chi connectivity index (χ1v) is 5.60. The molecular formula is C12H17N3O. The van der Waals surface area contributed by atoms with Gasteiger partial charge in [0.05, 0.1) is 0 Å². The van der Waals surface area contributed by atoms with Gasteiger partial charge in [0.1, 0.15) is 0 Å². The minimum absolute atomic E-state index is 0.481. The van der Waals surface area contributed by atoms with E-state index in [1.807, 2.05) is 44.2 Å². The lowest BCUT2D eigenvalue weighted by Gasteiger charge is -2.31. The van der Waals surface area contributed by atoms with Crippen LogP contribution in [0, 0.1) is 0 Å². The van der Waals surface area contributed by atoms with Crippen LogP contribution in [0.4, 0.5) is 0 Å². The fraction of sp³-hybridized carbons (Fsp3) is 0.417. The predicted molar refractivity (Wildman–Crippen MR) is 63.4 cm³/mol. The second kappa shape index (κ2) is 4.14. The third-order valence-electron chi connectivity index (χ3n) is 3.11. The Kier molecular flexibility index (Phi) is 2.83. The Balaban J connectivity index is 2.28. The van der Waals surface area contributed by atoms with E-state index in [0.29, 0.717) is 5.84 Å². The van der Waals surface area contributed by atoms with Gasteiger partial charge in [-0.15, -0.1) is 0 Å². The zero-order chi connectivity index (χ0) is 11.6. The molecule has 0 atom stereocenters. The normalized spacial score (nSPS) is 18.2. The summed E-state index contributed by atoms with van der Waals surface area (Å²) in [6.07, 6.45) is 1.61. The van der Waals surface area contributed by atoms with Gasteiger partial charge in [-0.05, 0) is 0 Å². The van der Waals surface area contributed by atoms with Crippen molar-refractivity contribution in [3.63, 3.8) is 0 Å². The molecule has 0 amide bonds. The number of amidine groups is 1. The van der Waals surface area contributed by atoms with E-state index in [1.54, 1.807) is 5.01 Å². The molecule has 2 rings (SSSR count). The molecule has 0 bridgehead atoms. The Labute approximate surface area is 95.6 Å². The van der Waals surface area contributed by atoms with Crippen LogP contribution in [0.2, 0.25) is 0 Å². The Bertz CT molecular complexity index is 385. The Morgan fingerprint density at radius 2 is 1.88 bits per heavy atom. The van der Waals surface area contributed by atoms with Crippen molar-refractivity contribution in [2.45, 2.75) is 32.4 Å². The molecule has 0 aromatic heterocycles. The number of nitrogens with zero attached hydrogens (tertiary/aromatic N) is 2. The van der Waals surface area contributed by atoms with Crippen molar-refractivity contribution in [3.05, 3.63) is 35.9 Å². The molecule has 1 heterocycles. The van der Waals surface area contributed by atoms with Gasteiger partial charge in [0, 0.05) is 18.4 Å². The van der Waals surface area contributed by atoms with Gasteiger partial charge in [-0.2, -0.15) is 0 Å². The van der Waals surface area contributed by atoms with Crippen molar-refractivity contribution >= 4 is 5.84 Å². The molecule has 4 heteroatoms. The molecule has 86 valence electrons. The molecule has 0 saturated carbocycles. The number of oxime groups is 1. The van der Waals surface area contributed by atoms with Crippen molar-refractivity contribution in [2.24, 2.45) is 11.0 Å². The first-order valence-electron chi connectivity index (χ1n) is 5.60. The summed E-state index contributed by atoms with van der Waals surface area (Å²) in [4.78, 5) is 5.51. The van der Waals surface area contributed by atoms with Crippen LogP contribution in [-0.4, -0.2) is 16.6 Å². The first-order chi connectivity index (χ1) is 7.73. The molecule has 1 aromatic carbocycles. The molecule has 0 radical (unpaired) electrons. The van der Waals surface area contributed by atoms with Crippen LogP contribution < -0.4 is 5.84 Å². The number of hydrogen-bond donors (Lipinski definition) is 1. The largest absolute Gasteiger partial charge is 0.364 e. The summed E-state index contributed by atoms with van der Waals surface area (Å²) in [7, 11) is 0. The maximum absolute atomic E-state index is 6.09. The summed E-state index contributed by atoms with van der Waals surface area (Å²) in [5.41, 5.74) is 0.499. The lowest BCUT2D eigenvalue weighted by molar-refractivity contribution is -0.104. The van der Waals surface area contributed by atoms with Crippen molar-refractivity contribution in [1.82, 2.24) is 5.01 Å². The van der Waals surface area contributed by atoms with Crippen LogP contribution in [0.5, 0.6) is 0 Å². The summed E-state index contributed by atoms with van der Waals surface area (Å²) in [5.74, 6) is 6.79. The van der Waals surface area contributed by atoms with Crippen LogP contribution in [0.25, 0.3) is 0 Å². The Hall–Kier alpha value is -1.55. The van der Waals surface area contributed by atoms with Crippen LogP contribution in [0.15, 0.2) is 35.5 Å². The highest BCUT2D eigenvalue weighted by Crippen LogP contribution is 2.30. The fourth-order valence-electron chi connectivity index (χ4n) is 1.91. The summed E-state index contributed by atoms with van der Waals surface area (Å²) in [6.45, 7) is 4.10. The summed E-state index contributed by atoms with van der Waals surface area (Å²) in [6, 6.07) is 9.84. The van der Waals surface area contributed by atoms with E-state index in [2.05, 4.69) is 5.16 Å². The molecule has 1 aliphatic rings. The van der Waals surface area contributed by atoms with Crippen LogP contribution >= 0.6 is 0 Å². The number of rotatable bonds is 3. The van der Waals surface area contributed by atoms with Crippen LogP contribution in [-0.2, 0) is 4.84 Å². The lowest BCUT2D eigenvalue weighted by atomic mass is 10.1. The van der Waals surface area contributed by atoms with E-state index in [0.717, 1.165) is 18.4 Å². The standard InChI is InChI=1S/C12H17N3O/c1-3-12(4-2)15(13)11(14-16-12)10-8-6-5-7-9-10/h5-9H,3-4,13H2,1-2H3. The van der Waals surface area contributed by atoms with Crippen molar-refractivity contribution < 1.29 is 4.84 Å². The quantitative estimate of drug-likeness (QED) is 0.792. The Morgan fingerprint density at radius 3 is 2.38 bits per heavy atom. The van der Waals surface area contributed by atoms with Gasteiger partial charge in [0.25, 0.3) is 0 Å². The zero-order valence-electron chi connectivity index (χ0n) is 9.68. The van der Waals surface area contributed by atoms with E-state index in [-0.39, 0.29) is 0 Å². The van der Waals surface area contributed by atoms with Crippen LogP contribution in [0.3, 0.4) is 0 Å². The highest BCUT2D eigenvalue weighted by atomic mass is 16.7. The molecule has 0 fully saturated rings. The van der Waals surface area contributed by atoms with Crippen molar-refractivity contribution in [1.29, 1.82) is 0 Å². The minimum Gasteiger partial charge on any atom is -0.364 e. The van der Waals surface area contributed by atoms with E-state index < -0.39 is 5.72 Å². The van der Waals surface area contributed by atoms with E-state index in [9.17, 15) is 0 Å². The average molecular weight is 219 g/mol. The molecule has 0 spiro atoms. The van der Waals surface area contributed by atoms with Gasteiger partial charge in [-0.3, -0.25) is 0 Å². The summed E-state index contributed by atoms with van der Waals surface area (Å²) in [5, 5.41) is 5.74. The highest BCUT2D eigenvalue weighted by molar-refractivity contribution is 5.99. The molecule has 1 aromatic rings. The predicted octanol–water partition coefficient (Wildman–Crippen LogP) is 2.07. The van der Waals surface area contributed by atoms with Gasteiger partial charge in [0.2, 0.25) is 5.72 Å². The smallest absolute Gasteiger partial charge is 0.223 e. The third kappa shape index (κ3) is 1.55. The topological polar surface area (TPSA) is 50.8 Å². The van der Waals surface area contributed by atoms with E-state index in [4.69, 9.17) is 10.7 Å². The molecular weight excluding hydrogens is 202 g/mol. The van der Waals surface area contributed by atoms with Crippen LogP contribution in [0.1, 0.15) is 32.3 Å². The van der Waals surface area contributed by atoms with Crippen molar-refractivity contribution in [3.8, 4) is 0 Å². The van der Waals surface area contributed by atoms with Gasteiger partial charge in [-0.1, -0.05) is 49.3 Å². The molecule has 0 aliphatic carbocycles. The second-order valence-corrected chi connectivity index (χ2v) is 3.90. The van der Waals surface area contributed by atoms with Gasteiger partial charge in [0.15, 0.2) is 5.84 Å². The maximum Gasteiger partial charge on any atom is 0.223 e. The number of nitrogens with two attached hydrogens (primary N) is 1. The fourth-order valence-corrected chi connectivity index (χ4v) is 1.91. The minimum atomic E-state index is -0.481. The van der Waals surface area contributed by atoms with Crippen molar-refractivity contribution in [2.75, 3.05) is 0 Å². The molecule has 2 N–H and O–H groups in total. The van der Waals surface area contributed by atoms with E-state index in [1.165, 1.54) is 0 Å². The number of hydrogen-bond acceptors (Lipinski definition) is 4. The third-order valence-corrected chi connectivity index (χ3v) is 3.11. The van der Waals surface area contributed by atoms with Gasteiger partial charge < -0.3 is 4.84 Å². The first kappa shape index (κ1) is 11.0. The summed E-state index contributed by atoms with van der Waals surface area (Å²) < 4.78 is 0. The lowest BCUT2D eigenvalue weighted by Crippen LogP contribution is -2.52. The molecule has 4 nitrogen and oxygen atoms in total. The zero-order valence-corrected chi connectivity index (χ0v) is 9.68. The number of hydrazine groups is 1. The maximum atomic E-state index is 6.09. The highest BCUT2D eigenvalue weighted by Gasteiger charge is 2.42. The molecule has 0 unspecified atom stereocenters. The Morgan fingerprint density at radius 1 is 1.25 bits per heavy atom. The molecule has 16 heavy (non-hydrogen) atoms. The summed E-state index contributed by atoms with van der Waals surface area (Å²) >= 11 is 0. The average Bonchev–Trinajstić information content (AvgIpc) is 2.68. The molecule has 0 saturated heterocycles. The molecule has 1 aliphatic heterocycles. The number of benzene rings is 1. The van der Waals surface area contributed by atoms with Gasteiger partial charge >= 0.3 is 0 Å². The second-order valence-electron chi connectivity index (χ2n) is 3.90. The SMILES string of the molecule is CCC1(CC)ON=C(c2ccccc2)N1N. The van der Waals surface area contributed by atoms with E-state index >= 15 is 0 Å². The monoisotopic (exact) mass is 219 g/mol. The van der Waals surface area contributed by atoms with Gasteiger partial charge in [-0.25, -0.2) is 10.9 Å².